The molecule has 158 valence electrons. The van der Waals surface area contributed by atoms with Crippen molar-refractivity contribution < 1.29 is 14.3 Å². The molecule has 1 aromatic carbocycles. The van der Waals surface area contributed by atoms with E-state index in [4.69, 9.17) is 9.47 Å². The van der Waals surface area contributed by atoms with E-state index in [0.29, 0.717) is 19.8 Å². The number of carbonyl (C=O) groups is 1. The van der Waals surface area contributed by atoms with Crippen LogP contribution in [0.3, 0.4) is 0 Å². The van der Waals surface area contributed by atoms with Crippen LogP contribution in [0.2, 0.25) is 0 Å². The maximum Gasteiger partial charge on any atom is 0.236 e. The third kappa shape index (κ3) is 3.94. The second-order valence-electron chi connectivity index (χ2n) is 8.09. The molecule has 2 saturated heterocycles. The van der Waals surface area contributed by atoms with Crippen LogP contribution < -0.4 is 14.4 Å². The molecule has 7 nitrogen and oxygen atoms in total. The van der Waals surface area contributed by atoms with Crippen LogP contribution in [-0.2, 0) is 4.79 Å². The smallest absolute Gasteiger partial charge is 0.236 e. The van der Waals surface area contributed by atoms with Gasteiger partial charge in [-0.15, -0.1) is 0 Å². The van der Waals surface area contributed by atoms with Gasteiger partial charge in [0.05, 0.1) is 6.54 Å². The number of pyridine rings is 1. The summed E-state index contributed by atoms with van der Waals surface area (Å²) in [5, 5.41) is 0. The summed E-state index contributed by atoms with van der Waals surface area (Å²) in [5.41, 5.74) is 1.21. The Morgan fingerprint density at radius 1 is 1.00 bits per heavy atom. The Morgan fingerprint density at radius 2 is 1.83 bits per heavy atom. The lowest BCUT2D eigenvalue weighted by Crippen LogP contribution is -2.51. The molecule has 3 aliphatic heterocycles. The molecule has 0 unspecified atom stereocenters. The van der Waals surface area contributed by atoms with Crippen molar-refractivity contribution in [2.24, 2.45) is 0 Å². The lowest BCUT2D eigenvalue weighted by atomic mass is 10.0. The molecule has 4 heterocycles. The van der Waals surface area contributed by atoms with E-state index in [1.807, 2.05) is 35.4 Å². The summed E-state index contributed by atoms with van der Waals surface area (Å²) in [5.74, 6) is 2.85. The van der Waals surface area contributed by atoms with E-state index in [2.05, 4.69) is 26.9 Å². The second kappa shape index (κ2) is 8.52. The first-order chi connectivity index (χ1) is 14.8. The van der Waals surface area contributed by atoms with E-state index in [1.54, 1.807) is 0 Å². The highest BCUT2D eigenvalue weighted by Crippen LogP contribution is 2.38. The lowest BCUT2D eigenvalue weighted by Gasteiger charge is -2.36. The van der Waals surface area contributed by atoms with Crippen LogP contribution in [0.5, 0.6) is 11.5 Å². The number of hydrogen-bond acceptors (Lipinski definition) is 6. The molecule has 0 aliphatic carbocycles. The number of aromatic nitrogens is 1. The summed E-state index contributed by atoms with van der Waals surface area (Å²) in [4.78, 5) is 24.0. The van der Waals surface area contributed by atoms with Crippen molar-refractivity contribution in [2.75, 3.05) is 57.4 Å². The third-order valence-electron chi connectivity index (χ3n) is 6.26. The number of nitrogens with zero attached hydrogens (tertiary/aromatic N) is 4. The van der Waals surface area contributed by atoms with Gasteiger partial charge < -0.3 is 19.3 Å². The van der Waals surface area contributed by atoms with Crippen LogP contribution in [0, 0.1) is 0 Å². The molecule has 1 atom stereocenters. The average Bonchev–Trinajstić information content (AvgIpc) is 3.27. The predicted octanol–water partition coefficient (Wildman–Crippen LogP) is 2.34. The first kappa shape index (κ1) is 19.2. The Morgan fingerprint density at radius 3 is 2.63 bits per heavy atom. The molecule has 5 rings (SSSR count). The van der Waals surface area contributed by atoms with Gasteiger partial charge in [-0.05, 0) is 49.2 Å². The Kier molecular flexibility index (Phi) is 5.45. The number of hydrogen-bond donors (Lipinski definition) is 0. The number of amides is 1. The molecule has 7 heteroatoms. The van der Waals surface area contributed by atoms with Gasteiger partial charge in [0.25, 0.3) is 0 Å². The highest BCUT2D eigenvalue weighted by atomic mass is 16.6. The zero-order chi connectivity index (χ0) is 20.3. The third-order valence-corrected chi connectivity index (χ3v) is 6.26. The Hall–Kier alpha value is -2.80. The first-order valence-corrected chi connectivity index (χ1v) is 10.9. The van der Waals surface area contributed by atoms with Gasteiger partial charge >= 0.3 is 0 Å². The van der Waals surface area contributed by atoms with Gasteiger partial charge in [0.1, 0.15) is 19.0 Å². The minimum Gasteiger partial charge on any atom is -0.486 e. The molecule has 0 radical (unpaired) electrons. The summed E-state index contributed by atoms with van der Waals surface area (Å²) < 4.78 is 11.4. The standard InChI is InChI=1S/C23H28N4O3/c28-23(26-12-10-25(11-13-26)22-5-1-2-8-24-22)17-27-9-3-4-19(27)18-6-7-20-21(16-18)30-15-14-29-20/h1-2,5-8,16,19H,3-4,9-15,17H2/t19-/m1/s1. The summed E-state index contributed by atoms with van der Waals surface area (Å²) in [6.45, 7) is 5.78. The summed E-state index contributed by atoms with van der Waals surface area (Å²) in [6.07, 6.45) is 4.00. The van der Waals surface area contributed by atoms with Crippen LogP contribution in [0.4, 0.5) is 5.82 Å². The van der Waals surface area contributed by atoms with Crippen LogP contribution in [0.25, 0.3) is 0 Å². The van der Waals surface area contributed by atoms with Crippen LogP contribution >= 0.6 is 0 Å². The molecule has 1 aromatic heterocycles. The van der Waals surface area contributed by atoms with Crippen molar-refractivity contribution in [3.05, 3.63) is 48.2 Å². The lowest BCUT2D eigenvalue weighted by molar-refractivity contribution is -0.133. The molecular weight excluding hydrogens is 380 g/mol. The normalized spacial score (nSPS) is 21.7. The van der Waals surface area contributed by atoms with Gasteiger partial charge in [0.15, 0.2) is 11.5 Å². The Balaban J connectivity index is 1.20. The number of ether oxygens (including phenoxy) is 2. The van der Waals surface area contributed by atoms with Gasteiger partial charge in [-0.2, -0.15) is 0 Å². The monoisotopic (exact) mass is 408 g/mol. The zero-order valence-corrected chi connectivity index (χ0v) is 17.2. The van der Waals surface area contributed by atoms with Crippen molar-refractivity contribution in [3.63, 3.8) is 0 Å². The van der Waals surface area contributed by atoms with E-state index in [-0.39, 0.29) is 11.9 Å². The Bertz CT molecular complexity index is 883. The van der Waals surface area contributed by atoms with E-state index in [9.17, 15) is 4.79 Å². The van der Waals surface area contributed by atoms with Gasteiger partial charge in [-0.3, -0.25) is 9.69 Å². The van der Waals surface area contributed by atoms with E-state index >= 15 is 0 Å². The van der Waals surface area contributed by atoms with Crippen molar-refractivity contribution in [3.8, 4) is 11.5 Å². The predicted molar refractivity (Wildman–Crippen MR) is 114 cm³/mol. The number of fused-ring (bicyclic) bond motifs is 1. The SMILES string of the molecule is O=C(CN1CCC[C@@H]1c1ccc2c(c1)OCCO2)N1CCN(c2ccccn2)CC1. The van der Waals surface area contributed by atoms with Crippen molar-refractivity contribution in [2.45, 2.75) is 18.9 Å². The molecule has 1 amide bonds. The zero-order valence-electron chi connectivity index (χ0n) is 17.2. The minimum atomic E-state index is 0.222. The number of benzene rings is 1. The van der Waals surface area contributed by atoms with Crippen LogP contribution in [0.1, 0.15) is 24.4 Å². The van der Waals surface area contributed by atoms with Crippen LogP contribution in [-0.4, -0.2) is 73.2 Å². The van der Waals surface area contributed by atoms with Crippen molar-refractivity contribution in [1.29, 1.82) is 0 Å². The summed E-state index contributed by atoms with van der Waals surface area (Å²) in [7, 11) is 0. The average molecular weight is 409 g/mol. The van der Waals surface area contributed by atoms with Gasteiger partial charge in [-0.25, -0.2) is 4.98 Å². The van der Waals surface area contributed by atoms with Gasteiger partial charge in [0, 0.05) is 38.4 Å². The maximum atomic E-state index is 13.0. The molecule has 3 aliphatic rings. The minimum absolute atomic E-state index is 0.222. The molecular formula is C23H28N4O3. The molecule has 0 spiro atoms. The Labute approximate surface area is 177 Å². The fourth-order valence-corrected chi connectivity index (χ4v) is 4.66. The molecule has 0 bridgehead atoms. The fraction of sp³-hybridized carbons (Fsp3) is 0.478. The topological polar surface area (TPSA) is 58.1 Å². The summed E-state index contributed by atoms with van der Waals surface area (Å²) >= 11 is 0. The molecule has 2 aromatic rings. The second-order valence-corrected chi connectivity index (χ2v) is 8.09. The van der Waals surface area contributed by atoms with E-state index < -0.39 is 0 Å². The van der Waals surface area contributed by atoms with Crippen molar-refractivity contribution >= 4 is 11.7 Å². The number of anilines is 1. The summed E-state index contributed by atoms with van der Waals surface area (Å²) in [6, 6.07) is 12.4. The number of rotatable bonds is 4. The fourth-order valence-electron chi connectivity index (χ4n) is 4.66. The van der Waals surface area contributed by atoms with E-state index in [0.717, 1.165) is 62.9 Å². The molecule has 0 saturated carbocycles. The maximum absolute atomic E-state index is 13.0. The number of carbonyl (C=O) groups excluding carboxylic acids is 1. The molecule has 30 heavy (non-hydrogen) atoms. The van der Waals surface area contributed by atoms with Gasteiger partial charge in [-0.1, -0.05) is 12.1 Å². The highest BCUT2D eigenvalue weighted by molar-refractivity contribution is 5.78. The largest absolute Gasteiger partial charge is 0.486 e. The highest BCUT2D eigenvalue weighted by Gasteiger charge is 2.31. The number of piperazine rings is 1. The molecule has 0 N–H and O–H groups in total. The van der Waals surface area contributed by atoms with Gasteiger partial charge in [0.2, 0.25) is 5.91 Å². The van der Waals surface area contributed by atoms with Crippen LogP contribution in [0.15, 0.2) is 42.6 Å². The molecule has 2 fully saturated rings. The van der Waals surface area contributed by atoms with Crippen molar-refractivity contribution in [1.82, 2.24) is 14.8 Å². The first-order valence-electron chi connectivity index (χ1n) is 10.9. The van der Waals surface area contributed by atoms with E-state index in [1.165, 1.54) is 5.56 Å². The quantitative estimate of drug-likeness (QED) is 0.774. The number of likely N-dealkylation sites (tertiary alicyclic amines) is 1.